The Morgan fingerprint density at radius 1 is 0.850 bits per heavy atom. The molecule has 0 unspecified atom stereocenters. The number of rotatable bonds is 6. The van der Waals surface area contributed by atoms with E-state index >= 15 is 0 Å². The van der Waals surface area contributed by atoms with Crippen LogP contribution >= 0.6 is 34.8 Å². The van der Waals surface area contributed by atoms with Crippen LogP contribution in [0.4, 0.5) is 5.69 Å². The quantitative estimate of drug-likeness (QED) is 0.740. The molecule has 0 bridgehead atoms. The average Bonchev–Trinajstić information content (AvgIpc) is 2.39. The van der Waals surface area contributed by atoms with Crippen LogP contribution in [0.15, 0.2) is 42.5 Å². The molecule has 2 aromatic rings. The summed E-state index contributed by atoms with van der Waals surface area (Å²) < 4.78 is 0. The van der Waals surface area contributed by atoms with Crippen LogP contribution in [0.1, 0.15) is 5.56 Å². The standard InChI is InChI=1S/C15H15Cl3N2/c16-12-7-13(17)9-14(8-12)20-6-5-19-10-11-3-1-2-4-15(11)18/h1-4,7-9,19-20H,5-6,10H2. The molecule has 0 aliphatic heterocycles. The summed E-state index contributed by atoms with van der Waals surface area (Å²) in [5, 5.41) is 8.64. The molecule has 0 radical (unpaired) electrons. The summed E-state index contributed by atoms with van der Waals surface area (Å²) in [6, 6.07) is 13.2. The van der Waals surface area contributed by atoms with Gasteiger partial charge in [0.05, 0.1) is 0 Å². The predicted octanol–water partition coefficient (Wildman–Crippen LogP) is 4.85. The summed E-state index contributed by atoms with van der Waals surface area (Å²) in [6.07, 6.45) is 0. The Labute approximate surface area is 134 Å². The Balaban J connectivity index is 1.73. The van der Waals surface area contributed by atoms with Gasteiger partial charge in [0.25, 0.3) is 0 Å². The molecule has 2 N–H and O–H groups in total. The Bertz CT molecular complexity index is 553. The van der Waals surface area contributed by atoms with Crippen molar-refractivity contribution in [1.82, 2.24) is 5.32 Å². The van der Waals surface area contributed by atoms with Crippen molar-refractivity contribution in [1.29, 1.82) is 0 Å². The van der Waals surface area contributed by atoms with Gasteiger partial charge in [-0.1, -0.05) is 53.0 Å². The highest BCUT2D eigenvalue weighted by molar-refractivity contribution is 6.35. The molecule has 2 nitrogen and oxygen atoms in total. The van der Waals surface area contributed by atoms with Crippen LogP contribution in [0.25, 0.3) is 0 Å². The molecule has 0 heterocycles. The second-order valence-corrected chi connectivity index (χ2v) is 5.63. The number of nitrogens with one attached hydrogen (secondary N) is 2. The van der Waals surface area contributed by atoms with E-state index in [9.17, 15) is 0 Å². The average molecular weight is 330 g/mol. The van der Waals surface area contributed by atoms with Gasteiger partial charge in [-0.25, -0.2) is 0 Å². The lowest BCUT2D eigenvalue weighted by molar-refractivity contribution is 0.707. The molecule has 0 aromatic heterocycles. The molecular formula is C15H15Cl3N2. The molecule has 0 amide bonds. The first-order chi connectivity index (χ1) is 9.65. The van der Waals surface area contributed by atoms with Crippen LogP contribution in [0.5, 0.6) is 0 Å². The third-order valence-electron chi connectivity index (χ3n) is 2.77. The summed E-state index contributed by atoms with van der Waals surface area (Å²) in [5.74, 6) is 0. The van der Waals surface area contributed by atoms with Gasteiger partial charge in [-0.3, -0.25) is 0 Å². The minimum atomic E-state index is 0.629. The molecule has 0 fully saturated rings. The summed E-state index contributed by atoms with van der Waals surface area (Å²) in [4.78, 5) is 0. The molecular weight excluding hydrogens is 315 g/mol. The van der Waals surface area contributed by atoms with Crippen molar-refractivity contribution in [3.63, 3.8) is 0 Å². The first-order valence-corrected chi connectivity index (χ1v) is 7.42. The highest BCUT2D eigenvalue weighted by atomic mass is 35.5. The molecule has 20 heavy (non-hydrogen) atoms. The first-order valence-electron chi connectivity index (χ1n) is 6.29. The third-order valence-corrected chi connectivity index (χ3v) is 3.57. The van der Waals surface area contributed by atoms with Crippen molar-refractivity contribution in [3.8, 4) is 0 Å². The van der Waals surface area contributed by atoms with Gasteiger partial charge in [-0.05, 0) is 29.8 Å². The summed E-state index contributed by atoms with van der Waals surface area (Å²) in [6.45, 7) is 2.34. The van der Waals surface area contributed by atoms with Crippen molar-refractivity contribution in [2.45, 2.75) is 6.54 Å². The monoisotopic (exact) mass is 328 g/mol. The van der Waals surface area contributed by atoms with Crippen molar-refractivity contribution in [2.75, 3.05) is 18.4 Å². The zero-order valence-electron chi connectivity index (χ0n) is 10.8. The molecule has 106 valence electrons. The van der Waals surface area contributed by atoms with Crippen LogP contribution in [-0.2, 0) is 6.54 Å². The van der Waals surface area contributed by atoms with Gasteiger partial charge in [0.1, 0.15) is 0 Å². The number of hydrogen-bond acceptors (Lipinski definition) is 2. The van der Waals surface area contributed by atoms with Crippen LogP contribution in [0.2, 0.25) is 15.1 Å². The molecule has 0 aliphatic rings. The second kappa shape index (κ2) is 7.75. The van der Waals surface area contributed by atoms with E-state index in [1.807, 2.05) is 36.4 Å². The van der Waals surface area contributed by atoms with Gasteiger partial charge in [0.2, 0.25) is 0 Å². The highest BCUT2D eigenvalue weighted by Gasteiger charge is 1.99. The van der Waals surface area contributed by atoms with E-state index in [1.165, 1.54) is 0 Å². The Morgan fingerprint density at radius 3 is 2.25 bits per heavy atom. The van der Waals surface area contributed by atoms with Gasteiger partial charge >= 0.3 is 0 Å². The van der Waals surface area contributed by atoms with Crippen molar-refractivity contribution >= 4 is 40.5 Å². The fourth-order valence-corrected chi connectivity index (χ4v) is 2.54. The summed E-state index contributed by atoms with van der Waals surface area (Å²) in [7, 11) is 0. The van der Waals surface area contributed by atoms with E-state index in [1.54, 1.807) is 6.07 Å². The van der Waals surface area contributed by atoms with Crippen LogP contribution in [0, 0.1) is 0 Å². The van der Waals surface area contributed by atoms with Gasteiger partial charge < -0.3 is 10.6 Å². The van der Waals surface area contributed by atoms with E-state index < -0.39 is 0 Å². The van der Waals surface area contributed by atoms with E-state index in [0.717, 1.165) is 35.9 Å². The zero-order chi connectivity index (χ0) is 14.4. The molecule has 2 aromatic carbocycles. The zero-order valence-corrected chi connectivity index (χ0v) is 13.1. The highest BCUT2D eigenvalue weighted by Crippen LogP contribution is 2.22. The molecule has 0 aliphatic carbocycles. The Kier molecular flexibility index (Phi) is 5.99. The number of benzene rings is 2. The smallest absolute Gasteiger partial charge is 0.0450 e. The maximum absolute atomic E-state index is 6.08. The lowest BCUT2D eigenvalue weighted by Gasteiger charge is -2.09. The minimum Gasteiger partial charge on any atom is -0.384 e. The lowest BCUT2D eigenvalue weighted by Crippen LogP contribution is -2.21. The van der Waals surface area contributed by atoms with E-state index in [2.05, 4.69) is 10.6 Å². The normalized spacial score (nSPS) is 10.6. The maximum Gasteiger partial charge on any atom is 0.0450 e. The largest absolute Gasteiger partial charge is 0.384 e. The molecule has 2 rings (SSSR count). The van der Waals surface area contributed by atoms with Crippen molar-refractivity contribution in [2.24, 2.45) is 0 Å². The predicted molar refractivity (Wildman–Crippen MR) is 88.1 cm³/mol. The topological polar surface area (TPSA) is 24.1 Å². The Morgan fingerprint density at radius 2 is 1.55 bits per heavy atom. The van der Waals surface area contributed by atoms with Crippen LogP contribution in [-0.4, -0.2) is 13.1 Å². The SMILES string of the molecule is Clc1cc(Cl)cc(NCCNCc2ccccc2Cl)c1. The van der Waals surface area contributed by atoms with Gasteiger partial charge in [-0.2, -0.15) is 0 Å². The molecule has 0 saturated carbocycles. The fraction of sp³-hybridized carbons (Fsp3) is 0.200. The number of halogens is 3. The first kappa shape index (κ1) is 15.5. The third kappa shape index (κ3) is 4.88. The molecule has 0 saturated heterocycles. The van der Waals surface area contributed by atoms with Gasteiger partial charge in [0, 0.05) is 40.4 Å². The number of anilines is 1. The lowest BCUT2D eigenvalue weighted by atomic mass is 10.2. The molecule has 5 heteroatoms. The van der Waals surface area contributed by atoms with E-state index in [-0.39, 0.29) is 0 Å². The van der Waals surface area contributed by atoms with E-state index in [0.29, 0.717) is 10.0 Å². The van der Waals surface area contributed by atoms with Crippen LogP contribution < -0.4 is 10.6 Å². The molecule has 0 spiro atoms. The van der Waals surface area contributed by atoms with Gasteiger partial charge in [-0.15, -0.1) is 0 Å². The van der Waals surface area contributed by atoms with E-state index in [4.69, 9.17) is 34.8 Å². The number of hydrogen-bond donors (Lipinski definition) is 2. The van der Waals surface area contributed by atoms with Crippen LogP contribution in [0.3, 0.4) is 0 Å². The fourth-order valence-electron chi connectivity index (χ4n) is 1.82. The summed E-state index contributed by atoms with van der Waals surface area (Å²) in [5.41, 5.74) is 2.02. The van der Waals surface area contributed by atoms with Gasteiger partial charge in [0.15, 0.2) is 0 Å². The van der Waals surface area contributed by atoms with Crippen molar-refractivity contribution < 1.29 is 0 Å². The Hall–Kier alpha value is -0.930. The second-order valence-electron chi connectivity index (χ2n) is 4.35. The molecule has 0 atom stereocenters. The van der Waals surface area contributed by atoms with Crippen molar-refractivity contribution in [3.05, 3.63) is 63.1 Å². The summed E-state index contributed by atoms with van der Waals surface area (Å²) >= 11 is 17.9. The maximum atomic E-state index is 6.08. The minimum absolute atomic E-state index is 0.629.